The van der Waals surface area contributed by atoms with E-state index in [9.17, 15) is 0 Å². The van der Waals surface area contributed by atoms with Crippen molar-refractivity contribution in [2.45, 2.75) is 51.4 Å². The molecule has 0 N–H and O–H groups in total. The zero-order chi connectivity index (χ0) is 10.6. The molecule has 0 aromatic rings. The highest BCUT2D eigenvalue weighted by Crippen LogP contribution is 2.38. The molecular formula is C13H23BrO. The van der Waals surface area contributed by atoms with Crippen molar-refractivity contribution in [2.75, 3.05) is 18.5 Å². The fourth-order valence-electron chi connectivity index (χ4n) is 2.56. The second kappa shape index (κ2) is 5.67. The summed E-state index contributed by atoms with van der Waals surface area (Å²) in [5, 5.41) is 1.13. The van der Waals surface area contributed by atoms with Gasteiger partial charge in [-0.2, -0.15) is 0 Å². The van der Waals surface area contributed by atoms with Crippen LogP contribution in [0, 0.1) is 11.3 Å². The van der Waals surface area contributed by atoms with E-state index in [1.807, 2.05) is 0 Å². The van der Waals surface area contributed by atoms with Crippen LogP contribution < -0.4 is 0 Å². The zero-order valence-corrected chi connectivity index (χ0v) is 11.2. The van der Waals surface area contributed by atoms with Crippen molar-refractivity contribution in [3.63, 3.8) is 0 Å². The van der Waals surface area contributed by atoms with Crippen LogP contribution in [0.15, 0.2) is 0 Å². The van der Waals surface area contributed by atoms with E-state index >= 15 is 0 Å². The molecule has 0 aromatic carbocycles. The number of hydrogen-bond donors (Lipinski definition) is 0. The van der Waals surface area contributed by atoms with Gasteiger partial charge in [0.15, 0.2) is 0 Å². The molecule has 0 radical (unpaired) electrons. The van der Waals surface area contributed by atoms with Gasteiger partial charge in [0.05, 0.1) is 6.61 Å². The van der Waals surface area contributed by atoms with E-state index in [2.05, 4.69) is 15.9 Å². The highest BCUT2D eigenvalue weighted by Gasteiger charge is 2.31. The average Bonchev–Trinajstić information content (AvgIpc) is 3.10. The van der Waals surface area contributed by atoms with Crippen LogP contribution >= 0.6 is 15.9 Å². The summed E-state index contributed by atoms with van der Waals surface area (Å²) in [6.45, 7) is 1.99. The molecule has 2 rings (SSSR count). The summed E-state index contributed by atoms with van der Waals surface area (Å²) in [5.41, 5.74) is 0.474. The highest BCUT2D eigenvalue weighted by atomic mass is 79.9. The van der Waals surface area contributed by atoms with Gasteiger partial charge in [0.2, 0.25) is 0 Å². The molecule has 0 bridgehead atoms. The van der Waals surface area contributed by atoms with Gasteiger partial charge in [-0.05, 0) is 25.2 Å². The molecule has 2 heteroatoms. The lowest BCUT2D eigenvalue weighted by atomic mass is 9.76. The Kier molecular flexibility index (Phi) is 4.51. The molecule has 0 spiro atoms. The Bertz CT molecular complexity index is 183. The van der Waals surface area contributed by atoms with Crippen molar-refractivity contribution < 1.29 is 4.74 Å². The van der Waals surface area contributed by atoms with E-state index in [-0.39, 0.29) is 0 Å². The Balaban J connectivity index is 1.64. The summed E-state index contributed by atoms with van der Waals surface area (Å²) in [5.74, 6) is 1.01. The molecule has 0 aromatic heterocycles. The van der Waals surface area contributed by atoms with E-state index in [0.717, 1.165) is 24.5 Å². The molecule has 0 saturated heterocycles. The Morgan fingerprint density at radius 1 is 1.13 bits per heavy atom. The van der Waals surface area contributed by atoms with Gasteiger partial charge in [-0.3, -0.25) is 0 Å². The van der Waals surface area contributed by atoms with Crippen LogP contribution in [0.25, 0.3) is 0 Å². The smallest absolute Gasteiger partial charge is 0.0530 e. The van der Waals surface area contributed by atoms with Gasteiger partial charge in [0, 0.05) is 17.4 Å². The molecule has 0 atom stereocenters. The van der Waals surface area contributed by atoms with E-state index in [1.54, 1.807) is 0 Å². The SMILES string of the molecule is BrCC1(COCCC2CC2)CCCCC1. The monoisotopic (exact) mass is 274 g/mol. The molecule has 0 heterocycles. The van der Waals surface area contributed by atoms with Gasteiger partial charge in [0.25, 0.3) is 0 Å². The lowest BCUT2D eigenvalue weighted by molar-refractivity contribution is 0.0323. The van der Waals surface area contributed by atoms with Gasteiger partial charge >= 0.3 is 0 Å². The van der Waals surface area contributed by atoms with Crippen LogP contribution in [0.5, 0.6) is 0 Å². The van der Waals surface area contributed by atoms with E-state index in [1.165, 1.54) is 51.4 Å². The number of halogens is 1. The first-order valence-corrected chi connectivity index (χ1v) is 7.61. The minimum absolute atomic E-state index is 0.474. The van der Waals surface area contributed by atoms with Gasteiger partial charge in [-0.1, -0.05) is 48.0 Å². The molecule has 0 aliphatic heterocycles. The van der Waals surface area contributed by atoms with Crippen molar-refractivity contribution in [1.29, 1.82) is 0 Å². The van der Waals surface area contributed by atoms with E-state index in [0.29, 0.717) is 5.41 Å². The summed E-state index contributed by atoms with van der Waals surface area (Å²) >= 11 is 3.68. The maximum atomic E-state index is 5.89. The Labute approximate surface area is 102 Å². The standard InChI is InChI=1S/C13H23BrO/c14-10-13(7-2-1-3-8-13)11-15-9-6-12-4-5-12/h12H,1-11H2. The van der Waals surface area contributed by atoms with Crippen molar-refractivity contribution in [3.8, 4) is 0 Å². The van der Waals surface area contributed by atoms with Crippen LogP contribution in [-0.2, 0) is 4.74 Å². The van der Waals surface area contributed by atoms with Crippen LogP contribution in [0.4, 0.5) is 0 Å². The normalized spacial score (nSPS) is 25.4. The first-order chi connectivity index (χ1) is 7.35. The minimum atomic E-state index is 0.474. The highest BCUT2D eigenvalue weighted by molar-refractivity contribution is 9.09. The maximum absolute atomic E-state index is 5.89. The quantitative estimate of drug-likeness (QED) is 0.522. The summed E-state index contributed by atoms with van der Waals surface area (Å²) < 4.78 is 5.89. The molecule has 15 heavy (non-hydrogen) atoms. The lowest BCUT2D eigenvalue weighted by Gasteiger charge is -2.35. The number of alkyl halides is 1. The largest absolute Gasteiger partial charge is 0.381 e. The second-order valence-corrected chi connectivity index (χ2v) is 6.04. The lowest BCUT2D eigenvalue weighted by Crippen LogP contribution is -2.31. The van der Waals surface area contributed by atoms with Crippen LogP contribution in [0.3, 0.4) is 0 Å². The van der Waals surface area contributed by atoms with Crippen LogP contribution in [-0.4, -0.2) is 18.5 Å². The minimum Gasteiger partial charge on any atom is -0.381 e. The van der Waals surface area contributed by atoms with Crippen molar-refractivity contribution in [2.24, 2.45) is 11.3 Å². The molecule has 2 fully saturated rings. The third-order valence-corrected chi connectivity index (χ3v) is 5.16. The third-order valence-electron chi connectivity index (χ3n) is 3.97. The molecule has 0 unspecified atom stereocenters. The predicted molar refractivity (Wildman–Crippen MR) is 67.5 cm³/mol. The fourth-order valence-corrected chi connectivity index (χ4v) is 3.29. The van der Waals surface area contributed by atoms with Crippen molar-refractivity contribution in [3.05, 3.63) is 0 Å². The molecule has 2 aliphatic carbocycles. The van der Waals surface area contributed by atoms with Crippen LogP contribution in [0.2, 0.25) is 0 Å². The van der Waals surface area contributed by atoms with Crippen molar-refractivity contribution in [1.82, 2.24) is 0 Å². The van der Waals surface area contributed by atoms with Gasteiger partial charge in [-0.25, -0.2) is 0 Å². The topological polar surface area (TPSA) is 9.23 Å². The van der Waals surface area contributed by atoms with Gasteiger partial charge in [0.1, 0.15) is 0 Å². The Hall–Kier alpha value is 0.440. The fraction of sp³-hybridized carbons (Fsp3) is 1.00. The first-order valence-electron chi connectivity index (χ1n) is 6.48. The van der Waals surface area contributed by atoms with Crippen molar-refractivity contribution >= 4 is 15.9 Å². The van der Waals surface area contributed by atoms with Gasteiger partial charge in [-0.15, -0.1) is 0 Å². The maximum Gasteiger partial charge on any atom is 0.0530 e. The number of hydrogen-bond acceptors (Lipinski definition) is 1. The van der Waals surface area contributed by atoms with Crippen LogP contribution in [0.1, 0.15) is 51.4 Å². The predicted octanol–water partition coefficient (Wildman–Crippen LogP) is 4.15. The molecule has 2 aliphatic rings. The first kappa shape index (κ1) is 11.9. The summed E-state index contributed by atoms with van der Waals surface area (Å²) in [4.78, 5) is 0. The Morgan fingerprint density at radius 3 is 2.47 bits per heavy atom. The van der Waals surface area contributed by atoms with E-state index < -0.39 is 0 Å². The van der Waals surface area contributed by atoms with Gasteiger partial charge < -0.3 is 4.74 Å². The Morgan fingerprint density at radius 2 is 1.87 bits per heavy atom. The summed E-state index contributed by atoms with van der Waals surface area (Å²) in [6, 6.07) is 0. The zero-order valence-electron chi connectivity index (χ0n) is 9.64. The number of rotatable bonds is 6. The molecule has 0 amide bonds. The average molecular weight is 275 g/mol. The molecule has 2 saturated carbocycles. The summed E-state index contributed by atoms with van der Waals surface area (Å²) in [6.07, 6.45) is 11.2. The second-order valence-electron chi connectivity index (χ2n) is 5.48. The molecule has 1 nitrogen and oxygen atoms in total. The number of ether oxygens (including phenoxy) is 1. The summed E-state index contributed by atoms with van der Waals surface area (Å²) in [7, 11) is 0. The molecular weight excluding hydrogens is 252 g/mol. The van der Waals surface area contributed by atoms with E-state index in [4.69, 9.17) is 4.74 Å². The molecule has 88 valence electrons. The third kappa shape index (κ3) is 3.74.